The maximum atomic E-state index is 13.7. The Balaban J connectivity index is 1.83. The number of halogens is 2. The van der Waals surface area contributed by atoms with Crippen molar-refractivity contribution >= 4 is 23.0 Å². The van der Waals surface area contributed by atoms with Crippen molar-refractivity contribution in [1.29, 1.82) is 5.26 Å². The lowest BCUT2D eigenvalue weighted by atomic mass is 10.2. The summed E-state index contributed by atoms with van der Waals surface area (Å²) in [5.74, 6) is -2.45. The molecule has 2 aromatic carbocycles. The molecule has 0 atom stereocenters. The Morgan fingerprint density at radius 2 is 1.77 bits per heavy atom. The first-order chi connectivity index (χ1) is 12.6. The lowest BCUT2D eigenvalue weighted by Gasteiger charge is -2.10. The van der Waals surface area contributed by atoms with Crippen LogP contribution < -0.4 is 10.6 Å². The summed E-state index contributed by atoms with van der Waals surface area (Å²) in [6, 6.07) is 13.7. The van der Waals surface area contributed by atoms with Gasteiger partial charge < -0.3 is 10.6 Å². The zero-order valence-corrected chi connectivity index (χ0v) is 13.3. The summed E-state index contributed by atoms with van der Waals surface area (Å²) in [6.07, 6.45) is 2.74. The molecule has 0 saturated heterocycles. The van der Waals surface area contributed by atoms with E-state index in [1.165, 1.54) is 24.5 Å². The molecular weight excluding hydrogens is 338 g/mol. The summed E-state index contributed by atoms with van der Waals surface area (Å²) in [5.41, 5.74) is 1.01. The van der Waals surface area contributed by atoms with Crippen LogP contribution in [0.3, 0.4) is 0 Å². The molecule has 0 radical (unpaired) electrons. The number of nitrogens with one attached hydrogen (secondary N) is 2. The minimum absolute atomic E-state index is 0.104. The smallest absolute Gasteiger partial charge is 0.257 e. The van der Waals surface area contributed by atoms with Crippen molar-refractivity contribution in [1.82, 2.24) is 4.98 Å². The monoisotopic (exact) mass is 350 g/mol. The lowest BCUT2D eigenvalue weighted by molar-refractivity contribution is 0.102. The number of pyridine rings is 1. The van der Waals surface area contributed by atoms with Crippen LogP contribution in [0, 0.1) is 23.0 Å². The average Bonchev–Trinajstić information content (AvgIpc) is 2.65. The van der Waals surface area contributed by atoms with Crippen molar-refractivity contribution in [2.24, 2.45) is 0 Å². The molecule has 0 saturated carbocycles. The number of para-hydroxylation sites is 2. The number of benzene rings is 2. The van der Waals surface area contributed by atoms with Crippen LogP contribution in [0.5, 0.6) is 0 Å². The first-order valence-electron chi connectivity index (χ1n) is 7.55. The fourth-order valence-corrected chi connectivity index (χ4v) is 2.28. The quantitative estimate of drug-likeness (QED) is 0.738. The normalized spacial score (nSPS) is 10.0. The molecule has 2 N–H and O–H groups in total. The van der Waals surface area contributed by atoms with Gasteiger partial charge in [0, 0.05) is 6.20 Å². The molecule has 128 valence electrons. The maximum Gasteiger partial charge on any atom is 0.257 e. The maximum absolute atomic E-state index is 13.7. The molecular formula is C19H12F2N4O. The van der Waals surface area contributed by atoms with Gasteiger partial charge in [0.05, 0.1) is 28.7 Å². The Bertz CT molecular complexity index is 994. The highest BCUT2D eigenvalue weighted by molar-refractivity contribution is 6.04. The van der Waals surface area contributed by atoms with E-state index in [4.69, 9.17) is 5.26 Å². The van der Waals surface area contributed by atoms with E-state index >= 15 is 0 Å². The van der Waals surface area contributed by atoms with Gasteiger partial charge in [-0.2, -0.15) is 5.26 Å². The molecule has 0 aliphatic carbocycles. The Hall–Kier alpha value is -3.79. The van der Waals surface area contributed by atoms with Crippen molar-refractivity contribution in [3.63, 3.8) is 0 Å². The number of hydrogen-bond donors (Lipinski definition) is 2. The van der Waals surface area contributed by atoms with Gasteiger partial charge in [-0.05, 0) is 30.3 Å². The molecule has 0 bridgehead atoms. The SMILES string of the molecule is N#Cc1ccccc1Nc1cncc(C(=O)Nc2c(F)cccc2F)c1. The van der Waals surface area contributed by atoms with Gasteiger partial charge in [0.2, 0.25) is 0 Å². The van der Waals surface area contributed by atoms with Crippen molar-refractivity contribution in [3.05, 3.63) is 83.7 Å². The largest absolute Gasteiger partial charge is 0.353 e. The summed E-state index contributed by atoms with van der Waals surface area (Å²) in [4.78, 5) is 16.2. The van der Waals surface area contributed by atoms with E-state index in [1.807, 2.05) is 0 Å². The molecule has 26 heavy (non-hydrogen) atoms. The van der Waals surface area contributed by atoms with E-state index in [9.17, 15) is 13.6 Å². The Morgan fingerprint density at radius 3 is 2.50 bits per heavy atom. The highest BCUT2D eigenvalue weighted by Crippen LogP contribution is 2.22. The summed E-state index contributed by atoms with van der Waals surface area (Å²) in [5, 5.41) is 14.3. The molecule has 1 heterocycles. The fraction of sp³-hybridized carbons (Fsp3) is 0. The summed E-state index contributed by atoms with van der Waals surface area (Å²) >= 11 is 0. The van der Waals surface area contributed by atoms with Crippen molar-refractivity contribution in [3.8, 4) is 6.07 Å². The van der Waals surface area contributed by atoms with Gasteiger partial charge in [-0.15, -0.1) is 0 Å². The molecule has 7 heteroatoms. The number of carbonyl (C=O) groups excluding carboxylic acids is 1. The molecule has 5 nitrogen and oxygen atoms in total. The van der Waals surface area contributed by atoms with Crippen molar-refractivity contribution in [2.75, 3.05) is 10.6 Å². The molecule has 3 rings (SSSR count). The number of aromatic nitrogens is 1. The molecule has 0 unspecified atom stereocenters. The lowest BCUT2D eigenvalue weighted by Crippen LogP contribution is -2.14. The number of amides is 1. The molecule has 1 aromatic heterocycles. The second-order valence-electron chi connectivity index (χ2n) is 5.30. The van der Waals surface area contributed by atoms with E-state index in [0.29, 0.717) is 16.9 Å². The van der Waals surface area contributed by atoms with Gasteiger partial charge in [0.25, 0.3) is 5.91 Å². The van der Waals surface area contributed by atoms with Gasteiger partial charge in [-0.25, -0.2) is 8.78 Å². The first-order valence-corrected chi connectivity index (χ1v) is 7.55. The number of carbonyl (C=O) groups is 1. The van der Waals surface area contributed by atoms with E-state index in [0.717, 1.165) is 12.1 Å². The third-order valence-corrected chi connectivity index (χ3v) is 3.53. The van der Waals surface area contributed by atoms with Crippen molar-refractivity contribution < 1.29 is 13.6 Å². The number of nitrogens with zero attached hydrogens (tertiary/aromatic N) is 2. The number of hydrogen-bond acceptors (Lipinski definition) is 4. The van der Waals surface area contributed by atoms with Crippen LogP contribution >= 0.6 is 0 Å². The van der Waals surface area contributed by atoms with Crippen LogP contribution in [0.4, 0.5) is 25.8 Å². The molecule has 0 spiro atoms. The molecule has 0 fully saturated rings. The average molecular weight is 350 g/mol. The van der Waals surface area contributed by atoms with Crippen LogP contribution in [0.25, 0.3) is 0 Å². The standard InChI is InChI=1S/C19H12F2N4O/c20-15-5-3-6-16(21)18(15)25-19(26)13-8-14(11-23-10-13)24-17-7-2-1-4-12(17)9-22/h1-8,10-11,24H,(H,25,26). The molecule has 0 aliphatic heterocycles. The minimum Gasteiger partial charge on any atom is -0.353 e. The van der Waals surface area contributed by atoms with Gasteiger partial charge in [-0.3, -0.25) is 9.78 Å². The first kappa shape index (κ1) is 17.0. The highest BCUT2D eigenvalue weighted by Gasteiger charge is 2.14. The van der Waals surface area contributed by atoms with Gasteiger partial charge >= 0.3 is 0 Å². The Morgan fingerprint density at radius 1 is 1.04 bits per heavy atom. The predicted molar refractivity (Wildman–Crippen MR) is 93.0 cm³/mol. The van der Waals surface area contributed by atoms with Crippen LogP contribution in [0.2, 0.25) is 0 Å². The van der Waals surface area contributed by atoms with Gasteiger partial charge in [0.15, 0.2) is 0 Å². The predicted octanol–water partition coefficient (Wildman–Crippen LogP) is 4.23. The van der Waals surface area contributed by atoms with E-state index in [2.05, 4.69) is 21.7 Å². The van der Waals surface area contributed by atoms with E-state index in [1.54, 1.807) is 24.3 Å². The number of nitriles is 1. The number of rotatable bonds is 4. The zero-order chi connectivity index (χ0) is 18.5. The van der Waals surface area contributed by atoms with Crippen LogP contribution in [0.15, 0.2) is 60.9 Å². The number of anilines is 3. The molecule has 1 amide bonds. The minimum atomic E-state index is -0.872. The highest BCUT2D eigenvalue weighted by atomic mass is 19.1. The summed E-state index contributed by atoms with van der Waals surface area (Å²) < 4.78 is 27.3. The fourth-order valence-electron chi connectivity index (χ4n) is 2.28. The third-order valence-electron chi connectivity index (χ3n) is 3.53. The molecule has 3 aromatic rings. The van der Waals surface area contributed by atoms with Crippen LogP contribution in [-0.4, -0.2) is 10.9 Å². The second-order valence-corrected chi connectivity index (χ2v) is 5.30. The summed E-state index contributed by atoms with van der Waals surface area (Å²) in [6.45, 7) is 0. The van der Waals surface area contributed by atoms with Crippen LogP contribution in [0.1, 0.15) is 15.9 Å². The van der Waals surface area contributed by atoms with Gasteiger partial charge in [0.1, 0.15) is 23.4 Å². The molecule has 0 aliphatic rings. The van der Waals surface area contributed by atoms with Crippen LogP contribution in [-0.2, 0) is 0 Å². The van der Waals surface area contributed by atoms with E-state index in [-0.39, 0.29) is 5.56 Å². The van der Waals surface area contributed by atoms with Crippen molar-refractivity contribution in [2.45, 2.75) is 0 Å². The third kappa shape index (κ3) is 3.65. The van der Waals surface area contributed by atoms with Gasteiger partial charge in [-0.1, -0.05) is 18.2 Å². The summed E-state index contributed by atoms with van der Waals surface area (Å²) in [7, 11) is 0. The Labute approximate surface area is 147 Å². The topological polar surface area (TPSA) is 77.8 Å². The zero-order valence-electron chi connectivity index (χ0n) is 13.3. The Kier molecular flexibility index (Phi) is 4.85. The van der Waals surface area contributed by atoms with E-state index < -0.39 is 23.2 Å². The second kappa shape index (κ2) is 7.40.